The molecular formula is C17H16N2O. The van der Waals surface area contributed by atoms with Crippen LogP contribution in [0.5, 0.6) is 0 Å². The molecule has 2 aromatic rings. The zero-order valence-corrected chi connectivity index (χ0v) is 11.6. The number of carbonyl (C=O) groups is 1. The molecule has 1 unspecified atom stereocenters. The third-order valence-electron chi connectivity index (χ3n) is 3.33. The van der Waals surface area contributed by atoms with Gasteiger partial charge in [0, 0.05) is 12.6 Å². The van der Waals surface area contributed by atoms with Crippen LogP contribution in [0, 0.1) is 18.3 Å². The van der Waals surface area contributed by atoms with E-state index in [4.69, 9.17) is 0 Å². The summed E-state index contributed by atoms with van der Waals surface area (Å²) in [5.41, 5.74) is 2.46. The molecular weight excluding hydrogens is 248 g/mol. The SMILES string of the molecule is Cc1ccccc1C(C#N)N(C)C(=O)c1ccccc1. The summed E-state index contributed by atoms with van der Waals surface area (Å²) in [5.74, 6) is -0.152. The van der Waals surface area contributed by atoms with Crippen LogP contribution in [0.25, 0.3) is 0 Å². The Hall–Kier alpha value is -2.60. The Morgan fingerprint density at radius 1 is 1.10 bits per heavy atom. The van der Waals surface area contributed by atoms with Crippen LogP contribution >= 0.6 is 0 Å². The second-order valence-electron chi connectivity index (χ2n) is 4.67. The molecule has 0 spiro atoms. The number of nitrogens with zero attached hydrogens (tertiary/aromatic N) is 2. The van der Waals surface area contributed by atoms with Crippen molar-refractivity contribution >= 4 is 5.91 Å². The van der Waals surface area contributed by atoms with E-state index in [0.29, 0.717) is 5.56 Å². The molecule has 0 heterocycles. The summed E-state index contributed by atoms with van der Waals surface area (Å²) in [4.78, 5) is 13.9. The highest BCUT2D eigenvalue weighted by molar-refractivity contribution is 5.94. The van der Waals surface area contributed by atoms with E-state index >= 15 is 0 Å². The van der Waals surface area contributed by atoms with Crippen LogP contribution in [0.2, 0.25) is 0 Å². The zero-order valence-electron chi connectivity index (χ0n) is 11.6. The molecule has 100 valence electrons. The van der Waals surface area contributed by atoms with Crippen molar-refractivity contribution in [2.24, 2.45) is 0 Å². The molecule has 20 heavy (non-hydrogen) atoms. The van der Waals surface area contributed by atoms with Gasteiger partial charge in [0.15, 0.2) is 0 Å². The standard InChI is InChI=1S/C17H16N2O/c1-13-8-6-7-11-15(13)16(12-18)19(2)17(20)14-9-4-3-5-10-14/h3-11,16H,1-2H3. The van der Waals surface area contributed by atoms with Crippen molar-refractivity contribution in [2.45, 2.75) is 13.0 Å². The Bertz CT molecular complexity index is 644. The Balaban J connectivity index is 2.32. The second kappa shape index (κ2) is 6.03. The quantitative estimate of drug-likeness (QED) is 0.853. The molecule has 3 heteroatoms. The number of amides is 1. The first kappa shape index (κ1) is 13.8. The summed E-state index contributed by atoms with van der Waals surface area (Å²) in [6.07, 6.45) is 0. The van der Waals surface area contributed by atoms with E-state index in [1.165, 1.54) is 4.90 Å². The molecule has 0 fully saturated rings. The first-order chi connectivity index (χ1) is 9.65. The van der Waals surface area contributed by atoms with E-state index in [2.05, 4.69) is 6.07 Å². The van der Waals surface area contributed by atoms with Crippen molar-refractivity contribution in [1.82, 2.24) is 4.90 Å². The van der Waals surface area contributed by atoms with Crippen LogP contribution in [-0.2, 0) is 0 Å². The highest BCUT2D eigenvalue weighted by Crippen LogP contribution is 2.23. The number of benzene rings is 2. The third kappa shape index (κ3) is 2.70. The lowest BCUT2D eigenvalue weighted by atomic mass is 10.0. The van der Waals surface area contributed by atoms with Crippen LogP contribution in [0.1, 0.15) is 27.5 Å². The fraction of sp³-hybridized carbons (Fsp3) is 0.176. The summed E-state index contributed by atoms with van der Waals surface area (Å²) in [6.45, 7) is 1.94. The summed E-state index contributed by atoms with van der Waals surface area (Å²) in [5, 5.41) is 9.43. The monoisotopic (exact) mass is 264 g/mol. The molecule has 0 aliphatic carbocycles. The van der Waals surface area contributed by atoms with E-state index < -0.39 is 6.04 Å². The van der Waals surface area contributed by atoms with Crippen molar-refractivity contribution in [1.29, 1.82) is 5.26 Å². The summed E-state index contributed by atoms with van der Waals surface area (Å²) < 4.78 is 0. The smallest absolute Gasteiger partial charge is 0.254 e. The average Bonchev–Trinajstić information content (AvgIpc) is 2.50. The maximum atomic E-state index is 12.4. The van der Waals surface area contributed by atoms with Gasteiger partial charge in [-0.2, -0.15) is 5.26 Å². The minimum Gasteiger partial charge on any atom is -0.322 e. The Kier molecular flexibility index (Phi) is 4.17. The lowest BCUT2D eigenvalue weighted by Gasteiger charge is -2.24. The fourth-order valence-electron chi connectivity index (χ4n) is 2.16. The zero-order chi connectivity index (χ0) is 14.5. The molecule has 3 nitrogen and oxygen atoms in total. The van der Waals surface area contributed by atoms with E-state index in [-0.39, 0.29) is 5.91 Å². The number of hydrogen-bond acceptors (Lipinski definition) is 2. The maximum absolute atomic E-state index is 12.4. The van der Waals surface area contributed by atoms with Gasteiger partial charge in [-0.05, 0) is 30.2 Å². The molecule has 2 rings (SSSR count). The molecule has 0 aliphatic heterocycles. The van der Waals surface area contributed by atoms with E-state index in [1.54, 1.807) is 19.2 Å². The van der Waals surface area contributed by atoms with Crippen LogP contribution in [-0.4, -0.2) is 17.9 Å². The lowest BCUT2D eigenvalue weighted by Crippen LogP contribution is -2.30. The van der Waals surface area contributed by atoms with Gasteiger partial charge in [0.25, 0.3) is 5.91 Å². The maximum Gasteiger partial charge on any atom is 0.254 e. The van der Waals surface area contributed by atoms with Gasteiger partial charge in [0.1, 0.15) is 6.04 Å². The summed E-state index contributed by atoms with van der Waals surface area (Å²) in [7, 11) is 1.66. The Morgan fingerprint density at radius 3 is 2.30 bits per heavy atom. The second-order valence-corrected chi connectivity index (χ2v) is 4.67. The van der Waals surface area contributed by atoms with Gasteiger partial charge in [0.2, 0.25) is 0 Å². The Labute approximate surface area is 119 Å². The molecule has 0 radical (unpaired) electrons. The van der Waals surface area contributed by atoms with Crippen molar-refractivity contribution in [3.63, 3.8) is 0 Å². The van der Waals surface area contributed by atoms with Gasteiger partial charge < -0.3 is 4.90 Å². The van der Waals surface area contributed by atoms with Crippen LogP contribution in [0.15, 0.2) is 54.6 Å². The van der Waals surface area contributed by atoms with Crippen molar-refractivity contribution in [2.75, 3.05) is 7.05 Å². The van der Waals surface area contributed by atoms with Gasteiger partial charge >= 0.3 is 0 Å². The molecule has 0 bridgehead atoms. The minimum atomic E-state index is -0.580. The fourth-order valence-corrected chi connectivity index (χ4v) is 2.16. The highest BCUT2D eigenvalue weighted by atomic mass is 16.2. The van der Waals surface area contributed by atoms with Gasteiger partial charge in [0.05, 0.1) is 6.07 Å². The minimum absolute atomic E-state index is 0.152. The molecule has 0 N–H and O–H groups in total. The first-order valence-electron chi connectivity index (χ1n) is 6.42. The van der Waals surface area contributed by atoms with Crippen molar-refractivity contribution < 1.29 is 4.79 Å². The van der Waals surface area contributed by atoms with Gasteiger partial charge in [-0.15, -0.1) is 0 Å². The predicted octanol–water partition coefficient (Wildman–Crippen LogP) is 3.33. The number of rotatable bonds is 3. The molecule has 0 aliphatic rings. The third-order valence-corrected chi connectivity index (χ3v) is 3.33. The number of nitriles is 1. The number of aryl methyl sites for hydroxylation is 1. The van der Waals surface area contributed by atoms with Crippen LogP contribution in [0.4, 0.5) is 0 Å². The van der Waals surface area contributed by atoms with E-state index in [9.17, 15) is 10.1 Å². The molecule has 0 saturated carbocycles. The normalized spacial score (nSPS) is 11.4. The molecule has 1 amide bonds. The summed E-state index contributed by atoms with van der Waals surface area (Å²) in [6, 6.07) is 18.3. The number of hydrogen-bond donors (Lipinski definition) is 0. The molecule has 1 atom stereocenters. The average molecular weight is 264 g/mol. The van der Waals surface area contributed by atoms with Crippen molar-refractivity contribution in [3.05, 3.63) is 71.3 Å². The first-order valence-corrected chi connectivity index (χ1v) is 6.42. The topological polar surface area (TPSA) is 44.1 Å². The van der Waals surface area contributed by atoms with E-state index in [1.807, 2.05) is 49.4 Å². The Morgan fingerprint density at radius 2 is 1.70 bits per heavy atom. The lowest BCUT2D eigenvalue weighted by molar-refractivity contribution is 0.0763. The molecule has 0 aromatic heterocycles. The largest absolute Gasteiger partial charge is 0.322 e. The van der Waals surface area contributed by atoms with Crippen molar-refractivity contribution in [3.8, 4) is 6.07 Å². The summed E-state index contributed by atoms with van der Waals surface area (Å²) >= 11 is 0. The molecule has 0 saturated heterocycles. The van der Waals surface area contributed by atoms with Crippen LogP contribution in [0.3, 0.4) is 0 Å². The van der Waals surface area contributed by atoms with Gasteiger partial charge in [-0.1, -0.05) is 42.5 Å². The predicted molar refractivity (Wildman–Crippen MR) is 78.1 cm³/mol. The molecule has 2 aromatic carbocycles. The highest BCUT2D eigenvalue weighted by Gasteiger charge is 2.23. The van der Waals surface area contributed by atoms with Gasteiger partial charge in [-0.25, -0.2) is 0 Å². The van der Waals surface area contributed by atoms with E-state index in [0.717, 1.165) is 11.1 Å². The van der Waals surface area contributed by atoms with Gasteiger partial charge in [-0.3, -0.25) is 4.79 Å². The number of carbonyl (C=O) groups excluding carboxylic acids is 1. The van der Waals surface area contributed by atoms with Crippen LogP contribution < -0.4 is 0 Å².